The average Bonchev–Trinajstić information content (AvgIpc) is 3.42. The molecule has 2 unspecified atom stereocenters. The molecule has 0 aromatic rings. The number of esters is 2. The number of likely N-dealkylation sites (N-methyl/N-ethyl adjacent to an activating group) is 1. The van der Waals surface area contributed by atoms with E-state index < -0.39 is 24.3 Å². The van der Waals surface area contributed by atoms with Crippen molar-refractivity contribution in [1.29, 1.82) is 0 Å². The fraction of sp³-hybridized carbons (Fsp3) is 0.871. The Bertz CT molecular complexity index is 1390. The predicted molar refractivity (Wildman–Crippen MR) is 337 cm³/mol. The van der Waals surface area contributed by atoms with Gasteiger partial charge in [0.05, 0.1) is 34.4 Å². The largest absolute Gasteiger partial charge is 0.477 e. The maximum atomic E-state index is 12.9. The Kier molecular flexibility index (Phi) is 59.6. The summed E-state index contributed by atoms with van der Waals surface area (Å²) >= 11 is 0. The molecule has 0 rings (SSSR count). The van der Waals surface area contributed by atoms with E-state index in [1.165, 1.54) is 244 Å². The normalized spacial score (nSPS) is 12.9. The number of nitrogens with zero attached hydrogens (tertiary/aromatic N) is 1. The Labute approximate surface area is 490 Å². The first-order chi connectivity index (χ1) is 38.6. The van der Waals surface area contributed by atoms with E-state index in [1.807, 2.05) is 21.1 Å². The summed E-state index contributed by atoms with van der Waals surface area (Å²) < 4.78 is 23.0. The van der Waals surface area contributed by atoms with Gasteiger partial charge in [0.15, 0.2) is 6.10 Å². The minimum atomic E-state index is -1.51. The van der Waals surface area contributed by atoms with E-state index in [0.717, 1.165) is 57.8 Å². The van der Waals surface area contributed by atoms with Crippen molar-refractivity contribution in [1.82, 2.24) is 0 Å². The minimum absolute atomic E-state index is 0.181. The van der Waals surface area contributed by atoms with Crippen LogP contribution in [0, 0.1) is 0 Å². The number of quaternary nitrogens is 1. The van der Waals surface area contributed by atoms with Gasteiger partial charge in [-0.15, -0.1) is 0 Å². The van der Waals surface area contributed by atoms with Crippen molar-refractivity contribution in [2.45, 2.75) is 347 Å². The molecule has 0 spiro atoms. The number of ether oxygens (including phenoxy) is 4. The molecule has 0 aliphatic carbocycles. The SMILES string of the molecule is CCCCCCC/C=C\C/C=C\C/C=C\CCCCCCCCCCC(=O)OC(COC(=O)CCCCCCCCCCCCCCCCCCCCCCCCCCCCCCCCC)COC(OCC[N+](C)(C)C)C(=O)O. The topological polar surface area (TPSA) is 108 Å². The molecule has 0 saturated carbocycles. The maximum absolute atomic E-state index is 12.9. The van der Waals surface area contributed by atoms with Crippen LogP contribution < -0.4 is 0 Å². The van der Waals surface area contributed by atoms with Crippen molar-refractivity contribution in [2.75, 3.05) is 47.5 Å². The number of aliphatic carboxylic acids is 1. The van der Waals surface area contributed by atoms with E-state index in [-0.39, 0.29) is 32.2 Å². The van der Waals surface area contributed by atoms with Gasteiger partial charge in [-0.05, 0) is 51.4 Å². The monoisotopic (exact) mass is 1110 g/mol. The van der Waals surface area contributed by atoms with Gasteiger partial charge in [-0.3, -0.25) is 9.59 Å². The number of carbonyl (C=O) groups excluding carboxylic acids is 2. The molecule has 9 nitrogen and oxygen atoms in total. The molecule has 0 saturated heterocycles. The lowest BCUT2D eigenvalue weighted by molar-refractivity contribution is -0.870. The molecular formula is C70H132NO8+. The first-order valence-corrected chi connectivity index (χ1v) is 34.2. The number of carbonyl (C=O) groups is 3. The van der Waals surface area contributed by atoms with Crippen molar-refractivity contribution in [3.63, 3.8) is 0 Å². The first kappa shape index (κ1) is 76.5. The zero-order chi connectivity index (χ0) is 57.6. The molecule has 0 aliphatic rings. The maximum Gasteiger partial charge on any atom is 0.361 e. The third-order valence-electron chi connectivity index (χ3n) is 15.4. The van der Waals surface area contributed by atoms with Gasteiger partial charge in [0.1, 0.15) is 13.2 Å². The second kappa shape index (κ2) is 61.6. The van der Waals surface area contributed by atoms with E-state index in [2.05, 4.69) is 50.3 Å². The Hall–Kier alpha value is -2.49. The minimum Gasteiger partial charge on any atom is -0.477 e. The third-order valence-corrected chi connectivity index (χ3v) is 15.4. The van der Waals surface area contributed by atoms with Crippen LogP contribution in [0.1, 0.15) is 335 Å². The Balaban J connectivity index is 4.08. The standard InChI is InChI=1S/C70H131NO8/c1-6-8-10-12-14-16-18-20-22-24-26-28-30-31-32-33-34-35-36-37-39-40-42-44-46-48-50-52-54-56-58-60-67(72)77-64-66(65-78-70(69(74)75)76-63-62-71(3,4)5)79-68(73)61-59-57-55-53-51-49-47-45-43-41-38-29-27-25-23-21-19-17-15-13-11-9-7-2/h19,21,25,27,38,41,66,70H,6-18,20,22-24,26,28-37,39-40,42-65H2,1-5H3/p+1/b21-19-,27-25-,41-38-. The second-order valence-corrected chi connectivity index (χ2v) is 24.5. The van der Waals surface area contributed by atoms with Crippen LogP contribution in [0.15, 0.2) is 36.5 Å². The lowest BCUT2D eigenvalue weighted by Crippen LogP contribution is -2.40. The van der Waals surface area contributed by atoms with Crippen LogP contribution in [0.3, 0.4) is 0 Å². The molecule has 0 fully saturated rings. The molecule has 0 aromatic carbocycles. The highest BCUT2D eigenvalue weighted by atomic mass is 16.7. The Morgan fingerprint density at radius 2 is 0.684 bits per heavy atom. The highest BCUT2D eigenvalue weighted by Gasteiger charge is 2.25. The van der Waals surface area contributed by atoms with Crippen LogP contribution in [0.5, 0.6) is 0 Å². The van der Waals surface area contributed by atoms with E-state index >= 15 is 0 Å². The van der Waals surface area contributed by atoms with E-state index in [9.17, 15) is 19.5 Å². The van der Waals surface area contributed by atoms with Crippen molar-refractivity contribution in [3.8, 4) is 0 Å². The first-order valence-electron chi connectivity index (χ1n) is 34.2. The second-order valence-electron chi connectivity index (χ2n) is 24.5. The van der Waals surface area contributed by atoms with Crippen molar-refractivity contribution in [3.05, 3.63) is 36.5 Å². The van der Waals surface area contributed by atoms with Gasteiger partial charge in [0.25, 0.3) is 6.29 Å². The number of rotatable bonds is 64. The predicted octanol–water partition coefficient (Wildman–Crippen LogP) is 20.8. The molecule has 0 amide bonds. The summed E-state index contributed by atoms with van der Waals surface area (Å²) in [5.74, 6) is -1.99. The number of hydrogen-bond donors (Lipinski definition) is 1. The summed E-state index contributed by atoms with van der Waals surface area (Å²) in [6.07, 6.45) is 74.0. The zero-order valence-corrected chi connectivity index (χ0v) is 53.1. The molecule has 0 heterocycles. The lowest BCUT2D eigenvalue weighted by atomic mass is 10.0. The summed E-state index contributed by atoms with van der Waals surface area (Å²) in [4.78, 5) is 37.6. The third kappa shape index (κ3) is 63.0. The fourth-order valence-corrected chi connectivity index (χ4v) is 10.1. The van der Waals surface area contributed by atoms with Crippen LogP contribution in [-0.2, 0) is 33.3 Å². The molecule has 79 heavy (non-hydrogen) atoms. The summed E-state index contributed by atoms with van der Waals surface area (Å²) in [5, 5.41) is 9.73. The van der Waals surface area contributed by atoms with Gasteiger partial charge < -0.3 is 28.5 Å². The van der Waals surface area contributed by atoms with Crippen LogP contribution >= 0.6 is 0 Å². The highest BCUT2D eigenvalue weighted by Crippen LogP contribution is 2.18. The molecule has 0 bridgehead atoms. The molecule has 0 radical (unpaired) electrons. The molecular weight excluding hydrogens is 983 g/mol. The van der Waals surface area contributed by atoms with E-state index in [1.54, 1.807) is 0 Å². The lowest BCUT2D eigenvalue weighted by Gasteiger charge is -2.25. The van der Waals surface area contributed by atoms with Crippen LogP contribution in [0.4, 0.5) is 0 Å². The molecule has 1 N–H and O–H groups in total. The zero-order valence-electron chi connectivity index (χ0n) is 53.1. The van der Waals surface area contributed by atoms with E-state index in [4.69, 9.17) is 18.9 Å². The summed E-state index contributed by atoms with van der Waals surface area (Å²) in [7, 11) is 5.98. The van der Waals surface area contributed by atoms with Gasteiger partial charge >= 0.3 is 17.9 Å². The quantitative estimate of drug-likeness (QED) is 0.0211. The number of hydrogen-bond acceptors (Lipinski definition) is 7. The Morgan fingerprint density at radius 3 is 1.01 bits per heavy atom. The van der Waals surface area contributed by atoms with Gasteiger partial charge in [-0.1, -0.05) is 307 Å². The number of unbranched alkanes of at least 4 members (excludes halogenated alkanes) is 43. The number of allylic oxidation sites excluding steroid dienone is 6. The molecule has 0 aliphatic heterocycles. The highest BCUT2D eigenvalue weighted by molar-refractivity contribution is 5.71. The average molecular weight is 1120 g/mol. The van der Waals surface area contributed by atoms with Crippen molar-refractivity contribution >= 4 is 17.9 Å². The summed E-state index contributed by atoms with van der Waals surface area (Å²) in [6, 6.07) is 0. The molecule has 464 valence electrons. The molecule has 0 aromatic heterocycles. The smallest absolute Gasteiger partial charge is 0.361 e. The van der Waals surface area contributed by atoms with Crippen molar-refractivity contribution in [2.24, 2.45) is 0 Å². The molecule has 9 heteroatoms. The van der Waals surface area contributed by atoms with Crippen molar-refractivity contribution < 1.29 is 42.9 Å². The van der Waals surface area contributed by atoms with Gasteiger partial charge in [0.2, 0.25) is 0 Å². The van der Waals surface area contributed by atoms with Crippen LogP contribution in [-0.4, -0.2) is 87.4 Å². The number of carboxylic acids is 1. The fourth-order valence-electron chi connectivity index (χ4n) is 10.1. The number of carboxylic acid groups (broad SMARTS) is 1. The Morgan fingerprint density at radius 1 is 0.380 bits per heavy atom. The van der Waals surface area contributed by atoms with Gasteiger partial charge in [-0.2, -0.15) is 0 Å². The summed E-state index contributed by atoms with van der Waals surface area (Å²) in [5.41, 5.74) is 0. The summed E-state index contributed by atoms with van der Waals surface area (Å²) in [6.45, 7) is 4.92. The van der Waals surface area contributed by atoms with E-state index in [0.29, 0.717) is 23.9 Å². The van der Waals surface area contributed by atoms with Crippen LogP contribution in [0.2, 0.25) is 0 Å². The van der Waals surface area contributed by atoms with Gasteiger partial charge in [0, 0.05) is 12.8 Å². The van der Waals surface area contributed by atoms with Gasteiger partial charge in [-0.25, -0.2) is 4.79 Å². The molecule has 2 atom stereocenters. The van der Waals surface area contributed by atoms with Crippen LogP contribution in [0.25, 0.3) is 0 Å².